The van der Waals surface area contributed by atoms with Gasteiger partial charge in [0.25, 0.3) is 0 Å². The molecular formula is C13H22Cl2N2. The van der Waals surface area contributed by atoms with Crippen LogP contribution >= 0.6 is 23.2 Å². The molecule has 4 heteroatoms. The summed E-state index contributed by atoms with van der Waals surface area (Å²) in [6.45, 7) is 6.48. The van der Waals surface area contributed by atoms with E-state index in [1.807, 2.05) is 11.7 Å². The molecule has 0 spiro atoms. The van der Waals surface area contributed by atoms with Gasteiger partial charge in [-0.15, -0.1) is 11.6 Å². The van der Waals surface area contributed by atoms with Gasteiger partial charge in [0.15, 0.2) is 0 Å². The maximum absolute atomic E-state index is 6.37. The molecule has 0 bridgehead atoms. The molecule has 1 aromatic heterocycles. The van der Waals surface area contributed by atoms with E-state index in [0.29, 0.717) is 5.88 Å². The van der Waals surface area contributed by atoms with Crippen molar-refractivity contribution in [3.8, 4) is 0 Å². The second-order valence-electron chi connectivity index (χ2n) is 5.06. The third-order valence-electron chi connectivity index (χ3n) is 3.27. The Labute approximate surface area is 114 Å². The van der Waals surface area contributed by atoms with Crippen molar-refractivity contribution in [2.45, 2.75) is 46.5 Å². The number of halogens is 2. The number of hydrogen-bond acceptors (Lipinski definition) is 1. The molecule has 0 saturated heterocycles. The minimum atomic E-state index is 0.110. The number of alkyl halides is 1. The van der Waals surface area contributed by atoms with E-state index in [2.05, 4.69) is 25.9 Å². The lowest BCUT2D eigenvalue weighted by Gasteiger charge is -2.26. The molecule has 17 heavy (non-hydrogen) atoms. The predicted octanol–water partition coefficient (Wildman–Crippen LogP) is 4.22. The van der Waals surface area contributed by atoms with Gasteiger partial charge in [-0.25, -0.2) is 0 Å². The van der Waals surface area contributed by atoms with E-state index in [1.165, 1.54) is 0 Å². The molecule has 1 atom stereocenters. The molecule has 1 heterocycles. The van der Waals surface area contributed by atoms with Gasteiger partial charge < -0.3 is 0 Å². The molecule has 0 aliphatic heterocycles. The van der Waals surface area contributed by atoms with Gasteiger partial charge in [0, 0.05) is 12.9 Å². The molecule has 0 aromatic carbocycles. The van der Waals surface area contributed by atoms with E-state index in [9.17, 15) is 0 Å². The molecule has 98 valence electrons. The van der Waals surface area contributed by atoms with Crippen LogP contribution in [0.5, 0.6) is 0 Å². The average molecular weight is 277 g/mol. The average Bonchev–Trinajstić information content (AvgIpc) is 2.57. The Morgan fingerprint density at radius 3 is 2.41 bits per heavy atom. The molecule has 1 aromatic rings. The van der Waals surface area contributed by atoms with Gasteiger partial charge in [-0.1, -0.05) is 38.8 Å². The summed E-state index contributed by atoms with van der Waals surface area (Å²) in [6, 6.07) is 0. The summed E-state index contributed by atoms with van der Waals surface area (Å²) in [5, 5.41) is 5.27. The maximum atomic E-state index is 6.37. The highest BCUT2D eigenvalue weighted by Crippen LogP contribution is 2.33. The van der Waals surface area contributed by atoms with E-state index in [-0.39, 0.29) is 5.41 Å². The Kier molecular flexibility index (Phi) is 5.33. The van der Waals surface area contributed by atoms with E-state index in [0.717, 1.165) is 42.1 Å². The Hall–Kier alpha value is -0.210. The molecule has 1 rings (SSSR count). The van der Waals surface area contributed by atoms with Crippen LogP contribution in [0.25, 0.3) is 0 Å². The second-order valence-corrected chi connectivity index (χ2v) is 5.70. The zero-order valence-electron chi connectivity index (χ0n) is 11.2. The first-order chi connectivity index (χ1) is 7.97. The van der Waals surface area contributed by atoms with Crippen molar-refractivity contribution in [3.63, 3.8) is 0 Å². The number of aromatic nitrogens is 2. The molecule has 0 aliphatic carbocycles. The molecule has 0 amide bonds. The predicted molar refractivity (Wildman–Crippen MR) is 75.0 cm³/mol. The standard InChI is InChI=1S/C13H22Cl2N2/c1-5-7-13(3,9-14)8-11-12(15)10(6-2)16-17(11)4/h5-9H2,1-4H3. The summed E-state index contributed by atoms with van der Waals surface area (Å²) in [4.78, 5) is 0. The fourth-order valence-electron chi connectivity index (χ4n) is 2.22. The van der Waals surface area contributed by atoms with Gasteiger partial charge in [0.2, 0.25) is 0 Å². The van der Waals surface area contributed by atoms with Gasteiger partial charge in [-0.3, -0.25) is 4.68 Å². The highest BCUT2D eigenvalue weighted by atomic mass is 35.5. The fourth-order valence-corrected chi connectivity index (χ4v) is 2.81. The molecule has 0 aliphatic rings. The quantitative estimate of drug-likeness (QED) is 0.712. The van der Waals surface area contributed by atoms with Crippen molar-refractivity contribution in [2.24, 2.45) is 12.5 Å². The highest BCUT2D eigenvalue weighted by Gasteiger charge is 2.26. The molecule has 1 unspecified atom stereocenters. The van der Waals surface area contributed by atoms with Crippen LogP contribution in [-0.2, 0) is 19.9 Å². The number of rotatable bonds is 6. The van der Waals surface area contributed by atoms with Crippen molar-refractivity contribution in [3.05, 3.63) is 16.4 Å². The minimum Gasteiger partial charge on any atom is -0.271 e. The van der Waals surface area contributed by atoms with Gasteiger partial charge in [-0.2, -0.15) is 5.10 Å². The second kappa shape index (κ2) is 6.10. The number of aryl methyl sites for hydroxylation is 2. The van der Waals surface area contributed by atoms with Gasteiger partial charge in [0.05, 0.1) is 16.4 Å². The van der Waals surface area contributed by atoms with Crippen molar-refractivity contribution in [1.29, 1.82) is 0 Å². The van der Waals surface area contributed by atoms with Crippen LogP contribution in [0, 0.1) is 5.41 Å². The Morgan fingerprint density at radius 2 is 2.00 bits per heavy atom. The van der Waals surface area contributed by atoms with Crippen LogP contribution in [0.1, 0.15) is 45.0 Å². The molecule has 0 saturated carbocycles. The third kappa shape index (κ3) is 3.38. The van der Waals surface area contributed by atoms with Crippen LogP contribution in [0.4, 0.5) is 0 Å². The van der Waals surface area contributed by atoms with Crippen molar-refractivity contribution < 1.29 is 0 Å². The first-order valence-electron chi connectivity index (χ1n) is 6.23. The Bertz CT molecular complexity index is 374. The largest absolute Gasteiger partial charge is 0.271 e. The van der Waals surface area contributed by atoms with Crippen LogP contribution in [0.15, 0.2) is 0 Å². The monoisotopic (exact) mass is 276 g/mol. The van der Waals surface area contributed by atoms with Crippen LogP contribution in [-0.4, -0.2) is 15.7 Å². The van der Waals surface area contributed by atoms with E-state index >= 15 is 0 Å². The molecule has 0 radical (unpaired) electrons. The highest BCUT2D eigenvalue weighted by molar-refractivity contribution is 6.31. The SMILES string of the molecule is CCCC(C)(CCl)Cc1c(Cl)c(CC)nn1C. The first kappa shape index (κ1) is 14.8. The summed E-state index contributed by atoms with van der Waals surface area (Å²) in [6.07, 6.45) is 4.02. The zero-order chi connectivity index (χ0) is 13.1. The van der Waals surface area contributed by atoms with E-state index in [1.54, 1.807) is 0 Å². The number of hydrogen-bond donors (Lipinski definition) is 0. The van der Waals surface area contributed by atoms with Gasteiger partial charge >= 0.3 is 0 Å². The lowest BCUT2D eigenvalue weighted by atomic mass is 9.83. The van der Waals surface area contributed by atoms with Crippen molar-refractivity contribution in [1.82, 2.24) is 9.78 Å². The van der Waals surface area contributed by atoms with E-state index in [4.69, 9.17) is 23.2 Å². The first-order valence-corrected chi connectivity index (χ1v) is 7.15. The summed E-state index contributed by atoms with van der Waals surface area (Å²) < 4.78 is 1.90. The molecule has 0 N–H and O–H groups in total. The summed E-state index contributed by atoms with van der Waals surface area (Å²) in [5.74, 6) is 0.657. The van der Waals surface area contributed by atoms with Crippen LogP contribution in [0.3, 0.4) is 0 Å². The fraction of sp³-hybridized carbons (Fsp3) is 0.769. The van der Waals surface area contributed by atoms with Gasteiger partial charge in [-0.05, 0) is 24.7 Å². The van der Waals surface area contributed by atoms with Gasteiger partial charge in [0.1, 0.15) is 0 Å². The van der Waals surface area contributed by atoms with Crippen LogP contribution in [0.2, 0.25) is 5.02 Å². The zero-order valence-corrected chi connectivity index (χ0v) is 12.7. The molecular weight excluding hydrogens is 255 g/mol. The number of nitrogens with zero attached hydrogens (tertiary/aromatic N) is 2. The summed E-state index contributed by atoms with van der Waals surface area (Å²) in [7, 11) is 1.96. The lowest BCUT2D eigenvalue weighted by Crippen LogP contribution is -2.23. The van der Waals surface area contributed by atoms with Crippen molar-refractivity contribution >= 4 is 23.2 Å². The van der Waals surface area contributed by atoms with Crippen LogP contribution < -0.4 is 0 Å². The Balaban J connectivity index is 2.97. The van der Waals surface area contributed by atoms with Crippen molar-refractivity contribution in [2.75, 3.05) is 5.88 Å². The molecule has 2 nitrogen and oxygen atoms in total. The Morgan fingerprint density at radius 1 is 1.35 bits per heavy atom. The minimum absolute atomic E-state index is 0.110. The maximum Gasteiger partial charge on any atom is 0.0849 e. The normalized spacial score (nSPS) is 14.9. The lowest BCUT2D eigenvalue weighted by molar-refractivity contribution is 0.327. The summed E-state index contributed by atoms with van der Waals surface area (Å²) >= 11 is 12.5. The molecule has 0 fully saturated rings. The van der Waals surface area contributed by atoms with E-state index < -0.39 is 0 Å². The smallest absolute Gasteiger partial charge is 0.0849 e. The topological polar surface area (TPSA) is 17.8 Å². The third-order valence-corrected chi connectivity index (χ3v) is 4.35. The summed E-state index contributed by atoms with van der Waals surface area (Å²) in [5.41, 5.74) is 2.20.